The Morgan fingerprint density at radius 3 is 2.68 bits per heavy atom. The molecule has 0 amide bonds. The number of hydrazone groups is 1. The van der Waals surface area contributed by atoms with E-state index in [0.717, 1.165) is 16.5 Å². The number of non-ortho nitro benzene ring substituents is 1. The molecule has 7 nitrogen and oxygen atoms in total. The number of benzene rings is 2. The van der Waals surface area contributed by atoms with Crippen LogP contribution in [0.25, 0.3) is 10.9 Å². The second-order valence-electron chi connectivity index (χ2n) is 5.05. The van der Waals surface area contributed by atoms with Gasteiger partial charge in [0.05, 0.1) is 16.7 Å². The Labute approximate surface area is 148 Å². The Morgan fingerprint density at radius 1 is 1.16 bits per heavy atom. The number of aromatic nitrogens is 1. The minimum absolute atomic E-state index is 0.0204. The number of rotatable bonds is 4. The maximum absolute atomic E-state index is 10.6. The molecule has 1 aromatic heterocycles. The molecule has 0 bridgehead atoms. The summed E-state index contributed by atoms with van der Waals surface area (Å²) in [6, 6.07) is 15.6. The molecule has 3 rings (SSSR count). The highest BCUT2D eigenvalue weighted by atomic mass is 32.1. The van der Waals surface area contributed by atoms with E-state index >= 15 is 0 Å². The third kappa shape index (κ3) is 4.12. The number of nitrogens with zero attached hydrogens (tertiary/aromatic N) is 3. The fourth-order valence-corrected chi connectivity index (χ4v) is 2.39. The summed E-state index contributed by atoms with van der Waals surface area (Å²) in [4.78, 5) is 14.5. The van der Waals surface area contributed by atoms with E-state index in [2.05, 4.69) is 20.8 Å². The highest BCUT2D eigenvalue weighted by Gasteiger charge is 2.04. The van der Waals surface area contributed by atoms with Crippen LogP contribution in [0.15, 0.2) is 65.9 Å². The molecule has 124 valence electrons. The van der Waals surface area contributed by atoms with Crippen molar-refractivity contribution in [2.45, 2.75) is 0 Å². The number of pyridine rings is 1. The fourth-order valence-electron chi connectivity index (χ4n) is 2.22. The van der Waals surface area contributed by atoms with Crippen LogP contribution in [0.2, 0.25) is 0 Å². The molecular formula is C17H13N5O2S. The van der Waals surface area contributed by atoms with Crippen LogP contribution in [0.3, 0.4) is 0 Å². The van der Waals surface area contributed by atoms with Crippen LogP contribution < -0.4 is 10.7 Å². The molecule has 2 N–H and O–H groups in total. The molecule has 0 spiro atoms. The van der Waals surface area contributed by atoms with E-state index in [-0.39, 0.29) is 10.8 Å². The Kier molecular flexibility index (Phi) is 4.91. The molecule has 0 aliphatic heterocycles. The van der Waals surface area contributed by atoms with Gasteiger partial charge in [0.15, 0.2) is 5.11 Å². The number of thiocarbonyl (C=S) groups is 1. The van der Waals surface area contributed by atoms with Gasteiger partial charge in [0.1, 0.15) is 0 Å². The first-order valence-electron chi connectivity index (χ1n) is 7.32. The van der Waals surface area contributed by atoms with Gasteiger partial charge in [0.2, 0.25) is 0 Å². The van der Waals surface area contributed by atoms with E-state index < -0.39 is 4.92 Å². The van der Waals surface area contributed by atoms with E-state index in [0.29, 0.717) is 5.69 Å². The van der Waals surface area contributed by atoms with Crippen LogP contribution in [0.1, 0.15) is 5.56 Å². The zero-order valence-corrected chi connectivity index (χ0v) is 13.7. The second-order valence-corrected chi connectivity index (χ2v) is 5.45. The highest BCUT2D eigenvalue weighted by molar-refractivity contribution is 7.80. The van der Waals surface area contributed by atoms with Crippen molar-refractivity contribution < 1.29 is 4.92 Å². The molecular weight excluding hydrogens is 338 g/mol. The number of anilines is 1. The van der Waals surface area contributed by atoms with Gasteiger partial charge >= 0.3 is 0 Å². The monoisotopic (exact) mass is 351 g/mol. The molecule has 0 radical (unpaired) electrons. The first-order valence-corrected chi connectivity index (χ1v) is 7.72. The topological polar surface area (TPSA) is 92.5 Å². The molecule has 0 unspecified atom stereocenters. The number of nitrogens with one attached hydrogen (secondary N) is 2. The van der Waals surface area contributed by atoms with Crippen molar-refractivity contribution in [1.29, 1.82) is 0 Å². The van der Waals surface area contributed by atoms with Crippen molar-refractivity contribution in [2.24, 2.45) is 5.10 Å². The highest BCUT2D eigenvalue weighted by Crippen LogP contribution is 2.15. The lowest BCUT2D eigenvalue weighted by Gasteiger charge is -2.06. The molecule has 8 heteroatoms. The van der Waals surface area contributed by atoms with E-state index in [1.54, 1.807) is 24.5 Å². The van der Waals surface area contributed by atoms with Crippen molar-refractivity contribution in [3.05, 3.63) is 76.5 Å². The normalized spacial score (nSPS) is 10.7. The smallest absolute Gasteiger partial charge is 0.269 e. The first-order chi connectivity index (χ1) is 12.1. The zero-order valence-electron chi connectivity index (χ0n) is 12.9. The summed E-state index contributed by atoms with van der Waals surface area (Å²) < 4.78 is 0. The number of nitro benzene ring substituents is 1. The first kappa shape index (κ1) is 16.5. The third-order valence-electron chi connectivity index (χ3n) is 3.39. The molecule has 0 atom stereocenters. The van der Waals surface area contributed by atoms with Gasteiger partial charge in [0, 0.05) is 35.0 Å². The summed E-state index contributed by atoms with van der Waals surface area (Å²) >= 11 is 5.15. The average molecular weight is 351 g/mol. The van der Waals surface area contributed by atoms with Gasteiger partial charge in [-0.15, -0.1) is 0 Å². The molecule has 0 fully saturated rings. The number of hydrogen-bond acceptors (Lipinski definition) is 5. The lowest BCUT2D eigenvalue weighted by Crippen LogP contribution is -2.23. The summed E-state index contributed by atoms with van der Waals surface area (Å²) in [6.07, 6.45) is 3.38. The number of fused-ring (bicyclic) bond motifs is 1. The molecule has 25 heavy (non-hydrogen) atoms. The quantitative estimate of drug-likeness (QED) is 0.324. The Balaban J connectivity index is 1.63. The van der Waals surface area contributed by atoms with Gasteiger partial charge in [-0.3, -0.25) is 20.5 Å². The minimum atomic E-state index is -0.455. The van der Waals surface area contributed by atoms with Crippen molar-refractivity contribution in [3.63, 3.8) is 0 Å². The van der Waals surface area contributed by atoms with Crippen LogP contribution >= 0.6 is 12.2 Å². The molecule has 0 saturated heterocycles. The summed E-state index contributed by atoms with van der Waals surface area (Å²) in [6.45, 7) is 0. The van der Waals surface area contributed by atoms with Crippen LogP contribution in [-0.2, 0) is 0 Å². The Bertz CT molecular complexity index is 951. The standard InChI is InChI=1S/C17H13N5O2S/c23-22(24)14-7-5-13(6-8-14)20-17(25)21-19-11-12-9-10-18-16-4-2-1-3-15(12)16/h1-11H,(H2,20,21,25)/b19-11-. The average Bonchev–Trinajstić information content (AvgIpc) is 2.62. The maximum Gasteiger partial charge on any atom is 0.269 e. The third-order valence-corrected chi connectivity index (χ3v) is 3.58. The summed E-state index contributed by atoms with van der Waals surface area (Å²) in [5, 5.41) is 18.9. The van der Waals surface area contributed by atoms with Gasteiger partial charge in [-0.25, -0.2) is 0 Å². The second kappa shape index (κ2) is 7.45. The summed E-state index contributed by atoms with van der Waals surface area (Å²) in [5.41, 5.74) is 5.17. The molecule has 3 aromatic rings. The van der Waals surface area contributed by atoms with E-state index in [1.165, 1.54) is 12.1 Å². The van der Waals surface area contributed by atoms with Gasteiger partial charge in [-0.2, -0.15) is 5.10 Å². The summed E-state index contributed by atoms with van der Waals surface area (Å²) in [5.74, 6) is 0. The molecule has 0 saturated carbocycles. The van der Waals surface area contributed by atoms with Gasteiger partial charge < -0.3 is 5.32 Å². The summed E-state index contributed by atoms with van der Waals surface area (Å²) in [7, 11) is 0. The van der Waals surface area contributed by atoms with Crippen LogP contribution in [0.5, 0.6) is 0 Å². The fraction of sp³-hybridized carbons (Fsp3) is 0. The van der Waals surface area contributed by atoms with Crippen LogP contribution in [0.4, 0.5) is 11.4 Å². The van der Waals surface area contributed by atoms with Gasteiger partial charge in [-0.1, -0.05) is 18.2 Å². The number of nitro groups is 1. The van der Waals surface area contributed by atoms with Crippen molar-refractivity contribution in [2.75, 3.05) is 5.32 Å². The van der Waals surface area contributed by atoms with Gasteiger partial charge in [-0.05, 0) is 36.5 Å². The predicted molar refractivity (Wildman–Crippen MR) is 102 cm³/mol. The minimum Gasteiger partial charge on any atom is -0.331 e. The van der Waals surface area contributed by atoms with E-state index in [4.69, 9.17) is 12.2 Å². The molecule has 0 aliphatic carbocycles. The molecule has 1 heterocycles. The molecule has 0 aliphatic rings. The van der Waals surface area contributed by atoms with Crippen molar-refractivity contribution >= 4 is 45.8 Å². The Hall–Kier alpha value is -3.39. The SMILES string of the molecule is O=[N+]([O-])c1ccc(NC(=S)N/N=C\c2ccnc3ccccc23)cc1. The maximum atomic E-state index is 10.6. The van der Waals surface area contributed by atoms with Crippen molar-refractivity contribution in [3.8, 4) is 0 Å². The zero-order chi connectivity index (χ0) is 17.6. The predicted octanol–water partition coefficient (Wildman–Crippen LogP) is 3.46. The Morgan fingerprint density at radius 2 is 1.92 bits per heavy atom. The lowest BCUT2D eigenvalue weighted by atomic mass is 10.1. The van der Waals surface area contributed by atoms with E-state index in [1.807, 2.05) is 30.3 Å². The molecule has 2 aromatic carbocycles. The van der Waals surface area contributed by atoms with Crippen molar-refractivity contribution in [1.82, 2.24) is 10.4 Å². The van der Waals surface area contributed by atoms with Crippen LogP contribution in [0, 0.1) is 10.1 Å². The van der Waals surface area contributed by atoms with Gasteiger partial charge in [0.25, 0.3) is 5.69 Å². The largest absolute Gasteiger partial charge is 0.331 e. The van der Waals surface area contributed by atoms with Crippen LogP contribution in [-0.4, -0.2) is 21.2 Å². The lowest BCUT2D eigenvalue weighted by molar-refractivity contribution is -0.384. The van der Waals surface area contributed by atoms with E-state index in [9.17, 15) is 10.1 Å². The number of para-hydroxylation sites is 1. The number of hydrogen-bond donors (Lipinski definition) is 2.